The molecule has 1 aromatic carbocycles. The first kappa shape index (κ1) is 19.9. The SMILES string of the molecule is O=C1CCC(c2cccc(N3CCNCC3)c2)C(=O)N1.O=CC(F)(F)F. The van der Waals surface area contributed by atoms with Gasteiger partial charge in [0.2, 0.25) is 18.1 Å². The van der Waals surface area contributed by atoms with E-state index in [-0.39, 0.29) is 17.7 Å². The van der Waals surface area contributed by atoms with Gasteiger partial charge in [0.1, 0.15) is 0 Å². The molecular formula is C17H20F3N3O3. The summed E-state index contributed by atoms with van der Waals surface area (Å²) in [6.45, 7) is 3.95. The number of imide groups is 1. The number of nitrogens with one attached hydrogen (secondary N) is 2. The highest BCUT2D eigenvalue weighted by atomic mass is 19.4. The Hall–Kier alpha value is -2.42. The Bertz CT molecular complexity index is 658. The summed E-state index contributed by atoms with van der Waals surface area (Å²) in [5, 5.41) is 5.76. The summed E-state index contributed by atoms with van der Waals surface area (Å²) in [6, 6.07) is 8.15. The van der Waals surface area contributed by atoms with Crippen LogP contribution in [0.25, 0.3) is 0 Å². The molecule has 2 aliphatic heterocycles. The highest BCUT2D eigenvalue weighted by molar-refractivity contribution is 6.01. The minimum atomic E-state index is -4.64. The molecule has 0 aliphatic carbocycles. The third-order valence-electron chi connectivity index (χ3n) is 4.13. The highest BCUT2D eigenvalue weighted by Gasteiger charge is 2.28. The van der Waals surface area contributed by atoms with Crippen molar-refractivity contribution in [1.29, 1.82) is 0 Å². The third kappa shape index (κ3) is 5.83. The number of piperidine rings is 1. The first-order valence-electron chi connectivity index (χ1n) is 8.22. The number of carbonyl (C=O) groups is 3. The van der Waals surface area contributed by atoms with Crippen molar-refractivity contribution < 1.29 is 27.6 Å². The lowest BCUT2D eigenvalue weighted by Gasteiger charge is -2.30. The summed E-state index contributed by atoms with van der Waals surface area (Å²) < 4.78 is 31.2. The predicted octanol–water partition coefficient (Wildman–Crippen LogP) is 1.36. The van der Waals surface area contributed by atoms with Gasteiger partial charge in [-0.15, -0.1) is 0 Å². The van der Waals surface area contributed by atoms with Gasteiger partial charge in [-0.1, -0.05) is 12.1 Å². The van der Waals surface area contributed by atoms with Gasteiger partial charge >= 0.3 is 6.18 Å². The molecule has 0 radical (unpaired) electrons. The molecule has 2 fully saturated rings. The molecule has 2 aliphatic rings. The molecule has 1 unspecified atom stereocenters. The third-order valence-corrected chi connectivity index (χ3v) is 4.13. The minimum Gasteiger partial charge on any atom is -0.369 e. The van der Waals surface area contributed by atoms with Gasteiger partial charge in [0.15, 0.2) is 0 Å². The van der Waals surface area contributed by atoms with Crippen molar-refractivity contribution in [2.45, 2.75) is 24.9 Å². The van der Waals surface area contributed by atoms with E-state index in [2.05, 4.69) is 27.7 Å². The summed E-state index contributed by atoms with van der Waals surface area (Å²) in [5.74, 6) is -0.529. The largest absolute Gasteiger partial charge is 0.446 e. The normalized spacial score (nSPS) is 20.7. The Morgan fingerprint density at radius 2 is 1.81 bits per heavy atom. The molecular weight excluding hydrogens is 351 g/mol. The van der Waals surface area contributed by atoms with Crippen LogP contribution in [0, 0.1) is 0 Å². The number of rotatable bonds is 2. The minimum absolute atomic E-state index is 0.162. The number of carbonyl (C=O) groups excluding carboxylic acids is 3. The van der Waals surface area contributed by atoms with Crippen LogP contribution in [0.4, 0.5) is 18.9 Å². The van der Waals surface area contributed by atoms with Crippen LogP contribution < -0.4 is 15.5 Å². The van der Waals surface area contributed by atoms with Crippen LogP contribution in [0.1, 0.15) is 24.3 Å². The molecule has 26 heavy (non-hydrogen) atoms. The quantitative estimate of drug-likeness (QED) is 0.606. The van der Waals surface area contributed by atoms with E-state index >= 15 is 0 Å². The second kappa shape index (κ2) is 8.79. The van der Waals surface area contributed by atoms with Crippen molar-refractivity contribution in [1.82, 2.24) is 10.6 Å². The topological polar surface area (TPSA) is 78.5 Å². The van der Waals surface area contributed by atoms with Crippen LogP contribution in [0.3, 0.4) is 0 Å². The van der Waals surface area contributed by atoms with Gasteiger partial charge in [0.25, 0.3) is 0 Å². The Labute approximate surface area is 148 Å². The molecule has 9 heteroatoms. The number of amides is 2. The maximum absolute atomic E-state index is 11.9. The number of alkyl halides is 3. The molecule has 0 aromatic heterocycles. The van der Waals surface area contributed by atoms with E-state index in [0.29, 0.717) is 12.8 Å². The number of nitrogens with zero attached hydrogens (tertiary/aromatic N) is 1. The summed E-state index contributed by atoms with van der Waals surface area (Å²) in [5.41, 5.74) is 2.17. The van der Waals surface area contributed by atoms with Crippen molar-refractivity contribution in [3.05, 3.63) is 29.8 Å². The van der Waals surface area contributed by atoms with Crippen molar-refractivity contribution in [3.63, 3.8) is 0 Å². The van der Waals surface area contributed by atoms with E-state index in [4.69, 9.17) is 4.79 Å². The van der Waals surface area contributed by atoms with Crippen molar-refractivity contribution in [2.75, 3.05) is 31.1 Å². The van der Waals surface area contributed by atoms with Gasteiger partial charge in [0.05, 0.1) is 5.92 Å². The second-order valence-electron chi connectivity index (χ2n) is 6.00. The summed E-state index contributed by atoms with van der Waals surface area (Å²) >= 11 is 0. The monoisotopic (exact) mass is 371 g/mol. The smallest absolute Gasteiger partial charge is 0.369 e. The van der Waals surface area contributed by atoms with Crippen LogP contribution in [0.5, 0.6) is 0 Å². The molecule has 2 amide bonds. The van der Waals surface area contributed by atoms with E-state index in [0.717, 1.165) is 37.4 Å². The zero-order valence-corrected chi connectivity index (χ0v) is 14.0. The molecule has 0 saturated carbocycles. The lowest BCUT2D eigenvalue weighted by molar-refractivity contribution is -0.156. The maximum Gasteiger partial charge on any atom is 0.446 e. The standard InChI is InChI=1S/C15H19N3O2.C2HF3O/c19-14-5-4-13(15(20)17-14)11-2-1-3-12(10-11)18-8-6-16-7-9-18;3-2(4,5)1-6/h1-3,10,13,16H,4-9H2,(H,17,19,20);1H. The fourth-order valence-corrected chi connectivity index (χ4v) is 2.87. The van der Waals surface area contributed by atoms with Gasteiger partial charge in [-0.05, 0) is 24.1 Å². The van der Waals surface area contributed by atoms with Crippen LogP contribution in [0.2, 0.25) is 0 Å². The molecule has 3 rings (SSSR count). The number of benzene rings is 1. The van der Waals surface area contributed by atoms with Crippen LogP contribution in [0.15, 0.2) is 24.3 Å². The zero-order chi connectivity index (χ0) is 19.2. The molecule has 1 atom stereocenters. The van der Waals surface area contributed by atoms with Gasteiger partial charge < -0.3 is 10.2 Å². The molecule has 2 saturated heterocycles. The number of hydrogen-bond donors (Lipinski definition) is 2. The van der Waals surface area contributed by atoms with Gasteiger partial charge in [-0.3, -0.25) is 19.7 Å². The Morgan fingerprint density at radius 3 is 2.38 bits per heavy atom. The number of hydrogen-bond acceptors (Lipinski definition) is 5. The van der Waals surface area contributed by atoms with Crippen LogP contribution >= 0.6 is 0 Å². The fourth-order valence-electron chi connectivity index (χ4n) is 2.87. The Kier molecular flexibility index (Phi) is 6.73. The number of aldehydes is 1. The summed E-state index contributed by atoms with van der Waals surface area (Å²) in [7, 11) is 0. The highest BCUT2D eigenvalue weighted by Crippen LogP contribution is 2.28. The molecule has 0 bridgehead atoms. The van der Waals surface area contributed by atoms with Crippen molar-refractivity contribution in [3.8, 4) is 0 Å². The summed E-state index contributed by atoms with van der Waals surface area (Å²) in [6.07, 6.45) is -4.67. The van der Waals surface area contributed by atoms with E-state index in [9.17, 15) is 22.8 Å². The lowest BCUT2D eigenvalue weighted by atomic mass is 9.90. The second-order valence-corrected chi connectivity index (χ2v) is 6.00. The fraction of sp³-hybridized carbons (Fsp3) is 0.471. The van der Waals surface area contributed by atoms with Crippen LogP contribution in [-0.2, 0) is 14.4 Å². The van der Waals surface area contributed by atoms with E-state index in [1.54, 1.807) is 0 Å². The molecule has 2 N–H and O–H groups in total. The zero-order valence-electron chi connectivity index (χ0n) is 14.0. The van der Waals surface area contributed by atoms with E-state index in [1.165, 1.54) is 0 Å². The molecule has 0 spiro atoms. The Morgan fingerprint density at radius 1 is 1.15 bits per heavy atom. The number of piperazine rings is 1. The lowest BCUT2D eigenvalue weighted by Crippen LogP contribution is -2.43. The number of halogens is 3. The first-order valence-corrected chi connectivity index (χ1v) is 8.22. The number of anilines is 1. The summed E-state index contributed by atoms with van der Waals surface area (Å²) in [4.78, 5) is 34.2. The van der Waals surface area contributed by atoms with Gasteiger partial charge in [0, 0.05) is 38.3 Å². The van der Waals surface area contributed by atoms with Crippen molar-refractivity contribution in [2.24, 2.45) is 0 Å². The van der Waals surface area contributed by atoms with Crippen molar-refractivity contribution >= 4 is 23.8 Å². The van der Waals surface area contributed by atoms with Crippen LogP contribution in [-0.4, -0.2) is 50.5 Å². The maximum atomic E-state index is 11.9. The molecule has 142 valence electrons. The van der Waals surface area contributed by atoms with E-state index in [1.807, 2.05) is 12.1 Å². The molecule has 2 heterocycles. The Balaban J connectivity index is 0.000000352. The van der Waals surface area contributed by atoms with Gasteiger partial charge in [-0.2, -0.15) is 13.2 Å². The van der Waals surface area contributed by atoms with E-state index < -0.39 is 12.5 Å². The van der Waals surface area contributed by atoms with Gasteiger partial charge in [-0.25, -0.2) is 0 Å². The predicted molar refractivity (Wildman–Crippen MR) is 88.8 cm³/mol. The average molecular weight is 371 g/mol. The first-order chi connectivity index (χ1) is 12.3. The molecule has 1 aromatic rings. The molecule has 6 nitrogen and oxygen atoms in total. The average Bonchev–Trinajstić information content (AvgIpc) is 2.62.